The van der Waals surface area contributed by atoms with Crippen molar-refractivity contribution in [1.29, 1.82) is 0 Å². The average molecular weight is 243 g/mol. The molecular weight excluding hydrogens is 222 g/mol. The van der Waals surface area contributed by atoms with Gasteiger partial charge >= 0.3 is 0 Å². The van der Waals surface area contributed by atoms with Crippen molar-refractivity contribution in [3.8, 4) is 0 Å². The molecule has 0 aromatic carbocycles. The van der Waals surface area contributed by atoms with Crippen LogP contribution in [0.15, 0.2) is 0 Å². The number of rotatable bonds is 7. The van der Waals surface area contributed by atoms with E-state index >= 15 is 0 Å². The standard InChI is InChI=1S/C11H21N3O3/c1-4-10(16)14-8(5-7(2)3)11(17)13-6-9(12)15/h7-8H,4-6H2,1-3H3,(H2,12,15)(H,13,17)(H,14,16). The summed E-state index contributed by atoms with van der Waals surface area (Å²) in [6, 6.07) is -0.609. The molecule has 6 nitrogen and oxygen atoms in total. The highest BCUT2D eigenvalue weighted by molar-refractivity contribution is 5.90. The van der Waals surface area contributed by atoms with Crippen molar-refractivity contribution in [3.63, 3.8) is 0 Å². The second-order valence-electron chi connectivity index (χ2n) is 4.29. The molecule has 0 saturated carbocycles. The zero-order valence-corrected chi connectivity index (χ0v) is 10.6. The number of amides is 3. The minimum atomic E-state index is -0.609. The lowest BCUT2D eigenvalue weighted by Gasteiger charge is -2.19. The van der Waals surface area contributed by atoms with Crippen LogP contribution >= 0.6 is 0 Å². The maximum Gasteiger partial charge on any atom is 0.243 e. The summed E-state index contributed by atoms with van der Waals surface area (Å²) in [5.41, 5.74) is 4.93. The van der Waals surface area contributed by atoms with E-state index in [2.05, 4.69) is 10.6 Å². The summed E-state index contributed by atoms with van der Waals surface area (Å²) < 4.78 is 0. The van der Waals surface area contributed by atoms with Crippen LogP contribution in [0.25, 0.3) is 0 Å². The molecule has 0 bridgehead atoms. The maximum atomic E-state index is 11.7. The van der Waals surface area contributed by atoms with Crippen molar-refractivity contribution in [1.82, 2.24) is 10.6 Å². The first-order chi connectivity index (χ1) is 7.86. The van der Waals surface area contributed by atoms with E-state index in [0.29, 0.717) is 12.8 Å². The number of nitrogens with one attached hydrogen (secondary N) is 2. The van der Waals surface area contributed by atoms with E-state index in [0.717, 1.165) is 0 Å². The molecule has 0 saturated heterocycles. The quantitative estimate of drug-likeness (QED) is 0.563. The Labute approximate surface area is 101 Å². The molecule has 1 unspecified atom stereocenters. The normalized spacial score (nSPS) is 12.0. The van der Waals surface area contributed by atoms with Gasteiger partial charge in [0.25, 0.3) is 0 Å². The SMILES string of the molecule is CCC(=O)NC(CC(C)C)C(=O)NCC(N)=O. The van der Waals surface area contributed by atoms with Gasteiger partial charge in [0.1, 0.15) is 6.04 Å². The topological polar surface area (TPSA) is 101 Å². The molecule has 0 radical (unpaired) electrons. The smallest absolute Gasteiger partial charge is 0.243 e. The molecule has 0 heterocycles. The molecule has 0 rings (SSSR count). The third-order valence-corrected chi connectivity index (χ3v) is 2.12. The number of primary amides is 1. The summed E-state index contributed by atoms with van der Waals surface area (Å²) >= 11 is 0. The minimum absolute atomic E-state index is 0.190. The van der Waals surface area contributed by atoms with Gasteiger partial charge < -0.3 is 16.4 Å². The second-order valence-corrected chi connectivity index (χ2v) is 4.29. The van der Waals surface area contributed by atoms with Crippen molar-refractivity contribution in [2.24, 2.45) is 11.7 Å². The van der Waals surface area contributed by atoms with Gasteiger partial charge in [0, 0.05) is 6.42 Å². The second kappa shape index (κ2) is 7.65. The van der Waals surface area contributed by atoms with Gasteiger partial charge in [-0.3, -0.25) is 14.4 Å². The molecular formula is C11H21N3O3. The van der Waals surface area contributed by atoms with E-state index in [1.165, 1.54) is 0 Å². The Bertz CT molecular complexity index is 290. The Hall–Kier alpha value is -1.59. The van der Waals surface area contributed by atoms with Crippen LogP contribution in [-0.2, 0) is 14.4 Å². The molecule has 17 heavy (non-hydrogen) atoms. The largest absolute Gasteiger partial charge is 0.368 e. The fourth-order valence-corrected chi connectivity index (χ4v) is 1.30. The molecule has 0 aliphatic carbocycles. The average Bonchev–Trinajstić information content (AvgIpc) is 2.23. The Kier molecular flexibility index (Phi) is 6.93. The lowest BCUT2D eigenvalue weighted by atomic mass is 10.0. The van der Waals surface area contributed by atoms with Crippen molar-refractivity contribution in [3.05, 3.63) is 0 Å². The van der Waals surface area contributed by atoms with Gasteiger partial charge in [0.15, 0.2) is 0 Å². The zero-order chi connectivity index (χ0) is 13.4. The first-order valence-electron chi connectivity index (χ1n) is 5.72. The van der Waals surface area contributed by atoms with Crippen LogP contribution in [0.1, 0.15) is 33.6 Å². The number of hydrogen-bond acceptors (Lipinski definition) is 3. The lowest BCUT2D eigenvalue weighted by molar-refractivity contribution is -0.130. The molecule has 4 N–H and O–H groups in total. The molecule has 0 aliphatic heterocycles. The Morgan fingerprint density at radius 1 is 1.24 bits per heavy atom. The number of nitrogens with two attached hydrogens (primary N) is 1. The molecule has 6 heteroatoms. The molecule has 1 atom stereocenters. The highest BCUT2D eigenvalue weighted by Crippen LogP contribution is 2.05. The van der Waals surface area contributed by atoms with Crippen LogP contribution in [0.2, 0.25) is 0 Å². The summed E-state index contributed by atoms with van der Waals surface area (Å²) in [5.74, 6) is -0.913. The van der Waals surface area contributed by atoms with Gasteiger partial charge in [-0.2, -0.15) is 0 Å². The summed E-state index contributed by atoms with van der Waals surface area (Å²) in [6.45, 7) is 5.40. The van der Waals surface area contributed by atoms with E-state index in [9.17, 15) is 14.4 Å². The molecule has 98 valence electrons. The van der Waals surface area contributed by atoms with Crippen molar-refractivity contribution in [2.45, 2.75) is 39.7 Å². The van der Waals surface area contributed by atoms with E-state index < -0.39 is 11.9 Å². The number of carbonyl (C=O) groups excluding carboxylic acids is 3. The summed E-state index contributed by atoms with van der Waals surface area (Å²) in [4.78, 5) is 33.5. The Morgan fingerprint density at radius 3 is 2.24 bits per heavy atom. The van der Waals surface area contributed by atoms with E-state index in [1.807, 2.05) is 13.8 Å². The fourth-order valence-electron chi connectivity index (χ4n) is 1.30. The lowest BCUT2D eigenvalue weighted by Crippen LogP contribution is -2.48. The molecule has 0 fully saturated rings. The molecule has 0 aromatic rings. The molecule has 0 spiro atoms. The van der Waals surface area contributed by atoms with Crippen LogP contribution in [0.3, 0.4) is 0 Å². The Balaban J connectivity index is 4.39. The van der Waals surface area contributed by atoms with Crippen LogP contribution in [0.4, 0.5) is 0 Å². The summed E-state index contributed by atoms with van der Waals surface area (Å²) in [5, 5.41) is 5.01. The Morgan fingerprint density at radius 2 is 1.82 bits per heavy atom. The monoisotopic (exact) mass is 243 g/mol. The van der Waals surface area contributed by atoms with Gasteiger partial charge in [-0.25, -0.2) is 0 Å². The van der Waals surface area contributed by atoms with E-state index in [4.69, 9.17) is 5.73 Å². The highest BCUT2D eigenvalue weighted by Gasteiger charge is 2.21. The highest BCUT2D eigenvalue weighted by atomic mass is 16.2. The van der Waals surface area contributed by atoms with Crippen LogP contribution in [0, 0.1) is 5.92 Å². The van der Waals surface area contributed by atoms with Gasteiger partial charge in [0.2, 0.25) is 17.7 Å². The maximum absolute atomic E-state index is 11.7. The first kappa shape index (κ1) is 15.4. The van der Waals surface area contributed by atoms with Gasteiger partial charge in [-0.15, -0.1) is 0 Å². The number of hydrogen-bond donors (Lipinski definition) is 3. The van der Waals surface area contributed by atoms with Crippen molar-refractivity contribution >= 4 is 17.7 Å². The fraction of sp³-hybridized carbons (Fsp3) is 0.727. The third-order valence-electron chi connectivity index (χ3n) is 2.12. The van der Waals surface area contributed by atoms with Crippen LogP contribution in [-0.4, -0.2) is 30.3 Å². The van der Waals surface area contributed by atoms with Crippen molar-refractivity contribution in [2.75, 3.05) is 6.54 Å². The van der Waals surface area contributed by atoms with E-state index in [1.54, 1.807) is 6.92 Å². The third kappa shape index (κ3) is 7.32. The molecule has 0 aliphatic rings. The van der Waals surface area contributed by atoms with Gasteiger partial charge in [-0.1, -0.05) is 20.8 Å². The first-order valence-corrected chi connectivity index (χ1v) is 5.72. The predicted octanol–water partition coefficient (Wildman–Crippen LogP) is -0.471. The van der Waals surface area contributed by atoms with Gasteiger partial charge in [0.05, 0.1) is 6.54 Å². The molecule has 0 aromatic heterocycles. The zero-order valence-electron chi connectivity index (χ0n) is 10.6. The van der Waals surface area contributed by atoms with Crippen LogP contribution < -0.4 is 16.4 Å². The summed E-state index contributed by atoms with van der Waals surface area (Å²) in [6.07, 6.45) is 0.841. The van der Waals surface area contributed by atoms with Crippen LogP contribution in [0.5, 0.6) is 0 Å². The minimum Gasteiger partial charge on any atom is -0.368 e. The predicted molar refractivity (Wildman–Crippen MR) is 63.9 cm³/mol. The number of carbonyl (C=O) groups is 3. The molecule has 3 amide bonds. The van der Waals surface area contributed by atoms with E-state index in [-0.39, 0.29) is 24.3 Å². The van der Waals surface area contributed by atoms with Gasteiger partial charge in [-0.05, 0) is 12.3 Å². The summed E-state index contributed by atoms with van der Waals surface area (Å²) in [7, 11) is 0. The van der Waals surface area contributed by atoms with Crippen molar-refractivity contribution < 1.29 is 14.4 Å².